The number of fused-ring (bicyclic) bond motifs is 1. The summed E-state index contributed by atoms with van der Waals surface area (Å²) < 4.78 is 5.46. The van der Waals surface area contributed by atoms with Gasteiger partial charge in [0.2, 0.25) is 0 Å². The molecule has 2 rings (SSSR count). The van der Waals surface area contributed by atoms with Gasteiger partial charge in [0.1, 0.15) is 0 Å². The average molecular weight is 277 g/mol. The monoisotopic (exact) mass is 277 g/mol. The molecular weight excluding hydrogens is 250 g/mol. The Bertz CT molecular complexity index is 458. The fraction of sp³-hybridized carbons (Fsp3) is 0.647. The molecule has 0 spiro atoms. The molecule has 0 aromatic heterocycles. The first kappa shape index (κ1) is 15.5. The number of benzene rings is 1. The Morgan fingerprint density at radius 2 is 2.00 bits per heavy atom. The average Bonchev–Trinajstić information content (AvgIpc) is 2.46. The molecule has 0 bridgehead atoms. The number of aliphatic hydroxyl groups excluding tert-OH is 1. The van der Waals surface area contributed by atoms with Gasteiger partial charge >= 0.3 is 0 Å². The highest BCUT2D eigenvalue weighted by molar-refractivity contribution is 5.31. The van der Waals surface area contributed by atoms with E-state index in [1.165, 1.54) is 11.1 Å². The second-order valence-corrected chi connectivity index (χ2v) is 6.70. The third-order valence-electron chi connectivity index (χ3n) is 4.90. The van der Waals surface area contributed by atoms with Gasteiger partial charge < -0.3 is 15.6 Å². The Hall–Kier alpha value is -0.900. The molecule has 1 aliphatic carbocycles. The van der Waals surface area contributed by atoms with Crippen LogP contribution in [0.5, 0.6) is 0 Å². The van der Waals surface area contributed by atoms with Crippen LogP contribution in [0.25, 0.3) is 0 Å². The molecule has 3 heteroatoms. The Morgan fingerprint density at radius 3 is 2.60 bits per heavy atom. The minimum Gasteiger partial charge on any atom is -0.392 e. The molecule has 1 aromatic rings. The van der Waals surface area contributed by atoms with Gasteiger partial charge in [0, 0.05) is 25.5 Å². The summed E-state index contributed by atoms with van der Waals surface area (Å²) in [6, 6.07) is 8.49. The molecule has 0 saturated heterocycles. The zero-order valence-corrected chi connectivity index (χ0v) is 12.9. The molecule has 1 aliphatic rings. The minimum absolute atomic E-state index is 0.218. The lowest BCUT2D eigenvalue weighted by molar-refractivity contribution is -0.0638. The molecule has 20 heavy (non-hydrogen) atoms. The summed E-state index contributed by atoms with van der Waals surface area (Å²) in [6.07, 6.45) is 2.99. The van der Waals surface area contributed by atoms with Crippen molar-refractivity contribution in [3.05, 3.63) is 35.4 Å². The second-order valence-electron chi connectivity index (χ2n) is 6.70. The van der Waals surface area contributed by atoms with Crippen LogP contribution < -0.4 is 5.73 Å². The third kappa shape index (κ3) is 3.05. The molecule has 3 nitrogen and oxygen atoms in total. The summed E-state index contributed by atoms with van der Waals surface area (Å²) in [5.74, 6) is 0. The van der Waals surface area contributed by atoms with Crippen LogP contribution in [0.3, 0.4) is 0 Å². The first-order valence-corrected chi connectivity index (χ1v) is 7.42. The van der Waals surface area contributed by atoms with E-state index in [0.29, 0.717) is 13.0 Å². The number of aryl methyl sites for hydroxylation is 1. The summed E-state index contributed by atoms with van der Waals surface area (Å²) in [7, 11) is 1.69. The number of ether oxygens (including phenoxy) is 1. The highest BCUT2D eigenvalue weighted by atomic mass is 16.5. The van der Waals surface area contributed by atoms with Gasteiger partial charge in [-0.25, -0.2) is 0 Å². The molecule has 0 fully saturated rings. The van der Waals surface area contributed by atoms with Crippen molar-refractivity contribution in [2.45, 2.75) is 51.2 Å². The molecule has 0 heterocycles. The number of hydrogen-bond donors (Lipinski definition) is 2. The molecule has 112 valence electrons. The third-order valence-corrected chi connectivity index (χ3v) is 4.90. The van der Waals surface area contributed by atoms with Crippen molar-refractivity contribution in [2.24, 2.45) is 11.1 Å². The predicted molar refractivity (Wildman–Crippen MR) is 81.7 cm³/mol. The summed E-state index contributed by atoms with van der Waals surface area (Å²) in [4.78, 5) is 0. The first-order valence-electron chi connectivity index (χ1n) is 7.42. The Kier molecular flexibility index (Phi) is 4.52. The molecule has 2 atom stereocenters. The number of hydrogen-bond acceptors (Lipinski definition) is 3. The highest BCUT2D eigenvalue weighted by Gasteiger charge is 2.41. The van der Waals surface area contributed by atoms with Crippen LogP contribution in [-0.2, 0) is 17.6 Å². The largest absolute Gasteiger partial charge is 0.392 e. The maximum atomic E-state index is 10.8. The van der Waals surface area contributed by atoms with E-state index < -0.39 is 6.10 Å². The van der Waals surface area contributed by atoms with E-state index in [4.69, 9.17) is 10.5 Å². The Balaban J connectivity index is 2.19. The lowest BCUT2D eigenvalue weighted by atomic mass is 9.66. The van der Waals surface area contributed by atoms with E-state index in [1.54, 1.807) is 7.11 Å². The SMILES string of the molecule is COC(C)(C)CC(O)C1(CN)CCc2ccccc2C1. The number of rotatable bonds is 5. The highest BCUT2D eigenvalue weighted by Crippen LogP contribution is 2.40. The van der Waals surface area contributed by atoms with Gasteiger partial charge in [-0.2, -0.15) is 0 Å². The second kappa shape index (κ2) is 5.84. The van der Waals surface area contributed by atoms with Crippen LogP contribution >= 0.6 is 0 Å². The van der Waals surface area contributed by atoms with E-state index in [-0.39, 0.29) is 11.0 Å². The van der Waals surface area contributed by atoms with Crippen molar-refractivity contribution >= 4 is 0 Å². The molecule has 0 aliphatic heterocycles. The van der Waals surface area contributed by atoms with Crippen LogP contribution in [0.15, 0.2) is 24.3 Å². The summed E-state index contributed by atoms with van der Waals surface area (Å²) in [6.45, 7) is 4.54. The number of methoxy groups -OCH3 is 1. The quantitative estimate of drug-likeness (QED) is 0.868. The van der Waals surface area contributed by atoms with Crippen molar-refractivity contribution in [2.75, 3.05) is 13.7 Å². The van der Waals surface area contributed by atoms with Gasteiger partial charge in [-0.3, -0.25) is 0 Å². The van der Waals surface area contributed by atoms with Gasteiger partial charge in [-0.1, -0.05) is 24.3 Å². The first-order chi connectivity index (χ1) is 9.42. The number of nitrogens with two attached hydrogens (primary N) is 1. The van der Waals surface area contributed by atoms with Crippen molar-refractivity contribution in [3.8, 4) is 0 Å². The minimum atomic E-state index is -0.434. The van der Waals surface area contributed by atoms with Crippen molar-refractivity contribution in [3.63, 3.8) is 0 Å². The van der Waals surface area contributed by atoms with E-state index in [1.807, 2.05) is 13.8 Å². The zero-order chi connectivity index (χ0) is 14.8. The van der Waals surface area contributed by atoms with Gasteiger partial charge in [-0.05, 0) is 44.2 Å². The van der Waals surface area contributed by atoms with Gasteiger partial charge in [0.15, 0.2) is 0 Å². The van der Waals surface area contributed by atoms with E-state index in [2.05, 4.69) is 24.3 Å². The predicted octanol–water partition coefficient (Wildman–Crippen LogP) is 2.30. The van der Waals surface area contributed by atoms with Crippen LogP contribution in [0, 0.1) is 5.41 Å². The maximum absolute atomic E-state index is 10.8. The fourth-order valence-electron chi connectivity index (χ4n) is 3.19. The van der Waals surface area contributed by atoms with Crippen LogP contribution in [0.2, 0.25) is 0 Å². The molecule has 0 saturated carbocycles. The lowest BCUT2D eigenvalue weighted by Crippen LogP contribution is -2.48. The maximum Gasteiger partial charge on any atom is 0.0647 e. The van der Waals surface area contributed by atoms with E-state index in [9.17, 15) is 5.11 Å². The summed E-state index contributed by atoms with van der Waals surface area (Å²) in [5, 5.41) is 10.8. The van der Waals surface area contributed by atoms with Crippen LogP contribution in [0.1, 0.15) is 37.8 Å². The van der Waals surface area contributed by atoms with Crippen LogP contribution in [-0.4, -0.2) is 30.5 Å². The standard InChI is InChI=1S/C17H27NO2/c1-16(2,20-3)11-15(19)17(12-18)9-8-13-6-4-5-7-14(13)10-17/h4-7,15,19H,8-12,18H2,1-3H3. The Labute approximate surface area is 122 Å². The number of aliphatic hydroxyl groups is 1. The lowest BCUT2D eigenvalue weighted by Gasteiger charge is -2.43. The van der Waals surface area contributed by atoms with Gasteiger partial charge in [0.25, 0.3) is 0 Å². The smallest absolute Gasteiger partial charge is 0.0647 e. The topological polar surface area (TPSA) is 55.5 Å². The molecule has 1 aromatic carbocycles. The molecule has 0 radical (unpaired) electrons. The summed E-state index contributed by atoms with van der Waals surface area (Å²) >= 11 is 0. The van der Waals surface area contributed by atoms with Crippen molar-refractivity contribution in [1.82, 2.24) is 0 Å². The van der Waals surface area contributed by atoms with Crippen molar-refractivity contribution in [1.29, 1.82) is 0 Å². The normalized spacial score (nSPS) is 24.2. The fourth-order valence-corrected chi connectivity index (χ4v) is 3.19. The zero-order valence-electron chi connectivity index (χ0n) is 12.9. The molecular formula is C17H27NO2. The van der Waals surface area contributed by atoms with Crippen LogP contribution in [0.4, 0.5) is 0 Å². The summed E-state index contributed by atoms with van der Waals surface area (Å²) in [5.41, 5.74) is 8.25. The molecule has 0 amide bonds. The van der Waals surface area contributed by atoms with E-state index >= 15 is 0 Å². The molecule has 2 unspecified atom stereocenters. The van der Waals surface area contributed by atoms with E-state index in [0.717, 1.165) is 19.3 Å². The van der Waals surface area contributed by atoms with Crippen molar-refractivity contribution < 1.29 is 9.84 Å². The Morgan fingerprint density at radius 1 is 1.35 bits per heavy atom. The molecule has 3 N–H and O–H groups in total. The van der Waals surface area contributed by atoms with Gasteiger partial charge in [0.05, 0.1) is 11.7 Å². The van der Waals surface area contributed by atoms with Gasteiger partial charge in [-0.15, -0.1) is 0 Å².